The van der Waals surface area contributed by atoms with E-state index in [4.69, 9.17) is 10.8 Å². The van der Waals surface area contributed by atoms with Crippen molar-refractivity contribution in [1.29, 1.82) is 0 Å². The number of hydrogen-bond donors (Lipinski definition) is 2. The van der Waals surface area contributed by atoms with Crippen molar-refractivity contribution in [3.8, 4) is 0 Å². The third-order valence-electron chi connectivity index (χ3n) is 2.66. The molecule has 0 heterocycles. The highest BCUT2D eigenvalue weighted by Gasteiger charge is 2.19. The molecule has 1 rings (SSSR count). The SMILES string of the molecule is Cc1ccc(C(N)=O)c(N(CC(=O)O)C(C)C)c1. The Kier molecular flexibility index (Phi) is 4.31. The molecule has 0 saturated carbocycles. The van der Waals surface area contributed by atoms with E-state index in [9.17, 15) is 9.59 Å². The van der Waals surface area contributed by atoms with E-state index in [1.165, 1.54) is 0 Å². The van der Waals surface area contributed by atoms with Gasteiger partial charge < -0.3 is 15.7 Å². The van der Waals surface area contributed by atoms with Gasteiger partial charge in [-0.2, -0.15) is 0 Å². The highest BCUT2D eigenvalue weighted by Crippen LogP contribution is 2.23. The minimum atomic E-state index is -0.944. The molecule has 0 unspecified atom stereocenters. The van der Waals surface area contributed by atoms with Gasteiger partial charge in [0.2, 0.25) is 0 Å². The fourth-order valence-electron chi connectivity index (χ4n) is 1.78. The molecule has 18 heavy (non-hydrogen) atoms. The van der Waals surface area contributed by atoms with E-state index in [0.717, 1.165) is 5.56 Å². The Balaban J connectivity index is 3.29. The number of hydrogen-bond acceptors (Lipinski definition) is 3. The van der Waals surface area contributed by atoms with Crippen LogP contribution >= 0.6 is 0 Å². The number of primary amides is 1. The number of amides is 1. The molecule has 0 aliphatic carbocycles. The number of aliphatic carboxylic acids is 1. The van der Waals surface area contributed by atoms with E-state index in [0.29, 0.717) is 11.3 Å². The monoisotopic (exact) mass is 250 g/mol. The summed E-state index contributed by atoms with van der Waals surface area (Å²) in [5.74, 6) is -1.50. The summed E-state index contributed by atoms with van der Waals surface area (Å²) in [6.07, 6.45) is 0. The summed E-state index contributed by atoms with van der Waals surface area (Å²) in [6, 6.07) is 5.15. The van der Waals surface area contributed by atoms with Crippen LogP contribution in [0.3, 0.4) is 0 Å². The van der Waals surface area contributed by atoms with E-state index >= 15 is 0 Å². The zero-order chi connectivity index (χ0) is 13.9. The molecule has 0 radical (unpaired) electrons. The summed E-state index contributed by atoms with van der Waals surface area (Å²) in [6.45, 7) is 5.46. The first kappa shape index (κ1) is 14.0. The minimum absolute atomic E-state index is 0.0407. The molecule has 0 saturated heterocycles. The van der Waals surface area contributed by atoms with Gasteiger partial charge in [-0.1, -0.05) is 6.07 Å². The lowest BCUT2D eigenvalue weighted by atomic mass is 10.1. The number of carbonyl (C=O) groups excluding carboxylic acids is 1. The van der Waals surface area contributed by atoms with E-state index in [2.05, 4.69) is 0 Å². The number of anilines is 1. The van der Waals surface area contributed by atoms with E-state index < -0.39 is 11.9 Å². The molecule has 1 amide bonds. The maximum Gasteiger partial charge on any atom is 0.323 e. The predicted molar refractivity (Wildman–Crippen MR) is 69.8 cm³/mol. The first-order valence-corrected chi connectivity index (χ1v) is 5.71. The van der Waals surface area contributed by atoms with Gasteiger partial charge in [0.15, 0.2) is 0 Å². The van der Waals surface area contributed by atoms with Crippen molar-refractivity contribution in [1.82, 2.24) is 0 Å². The quantitative estimate of drug-likeness (QED) is 0.827. The number of carboxylic acids is 1. The maximum absolute atomic E-state index is 11.4. The average Bonchev–Trinajstić information content (AvgIpc) is 2.24. The largest absolute Gasteiger partial charge is 0.480 e. The van der Waals surface area contributed by atoms with Crippen LogP contribution in [0, 0.1) is 6.92 Å². The lowest BCUT2D eigenvalue weighted by Gasteiger charge is -2.29. The number of benzene rings is 1. The highest BCUT2D eigenvalue weighted by atomic mass is 16.4. The van der Waals surface area contributed by atoms with Gasteiger partial charge in [0, 0.05) is 6.04 Å². The van der Waals surface area contributed by atoms with Crippen LogP contribution in [0.4, 0.5) is 5.69 Å². The van der Waals surface area contributed by atoms with Crippen molar-refractivity contribution >= 4 is 17.6 Å². The van der Waals surface area contributed by atoms with Gasteiger partial charge in [-0.3, -0.25) is 9.59 Å². The molecular formula is C13H18N2O3. The van der Waals surface area contributed by atoms with Crippen LogP contribution < -0.4 is 10.6 Å². The predicted octanol–water partition coefficient (Wildman–Crippen LogP) is 1.39. The average molecular weight is 250 g/mol. The molecule has 5 nitrogen and oxygen atoms in total. The standard InChI is InChI=1S/C13H18N2O3/c1-8(2)15(7-12(16)17)11-6-9(3)4-5-10(11)13(14)18/h4-6,8H,7H2,1-3H3,(H2,14,18)(H,16,17). The number of carbonyl (C=O) groups is 2. The third-order valence-corrected chi connectivity index (χ3v) is 2.66. The second kappa shape index (κ2) is 5.53. The Morgan fingerprint density at radius 1 is 1.39 bits per heavy atom. The van der Waals surface area contributed by atoms with Gasteiger partial charge in [0.25, 0.3) is 5.91 Å². The number of rotatable bonds is 5. The summed E-state index contributed by atoms with van der Waals surface area (Å²) >= 11 is 0. The van der Waals surface area contributed by atoms with Crippen molar-refractivity contribution in [2.75, 3.05) is 11.4 Å². The van der Waals surface area contributed by atoms with Crippen molar-refractivity contribution in [3.63, 3.8) is 0 Å². The summed E-state index contributed by atoms with van der Waals surface area (Å²) in [7, 11) is 0. The van der Waals surface area contributed by atoms with E-state index in [1.807, 2.05) is 20.8 Å². The molecule has 0 atom stereocenters. The summed E-state index contributed by atoms with van der Waals surface area (Å²) in [4.78, 5) is 23.9. The summed E-state index contributed by atoms with van der Waals surface area (Å²) < 4.78 is 0. The zero-order valence-corrected chi connectivity index (χ0v) is 10.8. The molecule has 0 aliphatic rings. The van der Waals surface area contributed by atoms with Crippen LogP contribution in [0.5, 0.6) is 0 Å². The van der Waals surface area contributed by atoms with Gasteiger partial charge in [0.05, 0.1) is 11.3 Å². The molecule has 1 aromatic rings. The van der Waals surface area contributed by atoms with Crippen LogP contribution in [0.1, 0.15) is 29.8 Å². The van der Waals surface area contributed by atoms with Crippen molar-refractivity contribution in [2.45, 2.75) is 26.8 Å². The normalized spacial score (nSPS) is 10.4. The number of aryl methyl sites for hydroxylation is 1. The van der Waals surface area contributed by atoms with Crippen LogP contribution in [0.2, 0.25) is 0 Å². The molecule has 0 spiro atoms. The van der Waals surface area contributed by atoms with Gasteiger partial charge in [-0.25, -0.2) is 0 Å². The number of nitrogens with two attached hydrogens (primary N) is 1. The van der Waals surface area contributed by atoms with Gasteiger partial charge in [-0.15, -0.1) is 0 Å². The van der Waals surface area contributed by atoms with Crippen molar-refractivity contribution in [3.05, 3.63) is 29.3 Å². The zero-order valence-electron chi connectivity index (χ0n) is 10.8. The Morgan fingerprint density at radius 3 is 2.44 bits per heavy atom. The Hall–Kier alpha value is -2.04. The second-order valence-corrected chi connectivity index (χ2v) is 4.50. The Labute approximate surface area is 106 Å². The van der Waals surface area contributed by atoms with E-state index in [1.54, 1.807) is 23.1 Å². The number of carboxylic acid groups (broad SMARTS) is 1. The molecule has 0 fully saturated rings. The van der Waals surface area contributed by atoms with E-state index in [-0.39, 0.29) is 12.6 Å². The van der Waals surface area contributed by atoms with Gasteiger partial charge >= 0.3 is 5.97 Å². The molecule has 3 N–H and O–H groups in total. The molecule has 1 aromatic carbocycles. The molecule has 98 valence electrons. The lowest BCUT2D eigenvalue weighted by Crippen LogP contribution is -2.37. The summed E-state index contributed by atoms with van der Waals surface area (Å²) in [5, 5.41) is 8.94. The molecular weight excluding hydrogens is 232 g/mol. The summed E-state index contributed by atoms with van der Waals surface area (Å²) in [5.41, 5.74) is 7.18. The van der Waals surface area contributed by atoms with Crippen LogP contribution in [0.15, 0.2) is 18.2 Å². The molecule has 0 aliphatic heterocycles. The van der Waals surface area contributed by atoms with Crippen LogP contribution in [-0.2, 0) is 4.79 Å². The molecule has 5 heteroatoms. The third kappa shape index (κ3) is 3.23. The number of nitrogens with zero attached hydrogens (tertiary/aromatic N) is 1. The van der Waals surface area contributed by atoms with Crippen LogP contribution in [-0.4, -0.2) is 29.6 Å². The molecule has 0 bridgehead atoms. The smallest absolute Gasteiger partial charge is 0.323 e. The van der Waals surface area contributed by atoms with Crippen molar-refractivity contribution < 1.29 is 14.7 Å². The minimum Gasteiger partial charge on any atom is -0.480 e. The van der Waals surface area contributed by atoms with Gasteiger partial charge in [0.1, 0.15) is 6.54 Å². The fourth-order valence-corrected chi connectivity index (χ4v) is 1.78. The van der Waals surface area contributed by atoms with Crippen LogP contribution in [0.25, 0.3) is 0 Å². The Morgan fingerprint density at radius 2 is 2.00 bits per heavy atom. The first-order valence-electron chi connectivity index (χ1n) is 5.71. The highest BCUT2D eigenvalue weighted by molar-refractivity contribution is 5.99. The first-order chi connectivity index (χ1) is 8.32. The van der Waals surface area contributed by atoms with Gasteiger partial charge in [-0.05, 0) is 38.5 Å². The Bertz CT molecular complexity index is 469. The second-order valence-electron chi connectivity index (χ2n) is 4.50. The topological polar surface area (TPSA) is 83.6 Å². The maximum atomic E-state index is 11.4. The fraction of sp³-hybridized carbons (Fsp3) is 0.385. The van der Waals surface area contributed by atoms with Crippen molar-refractivity contribution in [2.24, 2.45) is 5.73 Å². The lowest BCUT2D eigenvalue weighted by molar-refractivity contribution is -0.135. The molecule has 0 aromatic heterocycles.